The Hall–Kier alpha value is -2.30. The van der Waals surface area contributed by atoms with Gasteiger partial charge in [-0.1, -0.05) is 36.4 Å². The van der Waals surface area contributed by atoms with Crippen molar-refractivity contribution in [1.29, 1.82) is 0 Å². The van der Waals surface area contributed by atoms with Crippen molar-refractivity contribution in [3.8, 4) is 11.6 Å². The molecular formula is C19H21ClN2O2. The van der Waals surface area contributed by atoms with Crippen LogP contribution < -0.4 is 14.8 Å². The van der Waals surface area contributed by atoms with Crippen molar-refractivity contribution >= 4 is 23.2 Å². The SMILES string of the molecule is COc1ccc2ccccc2c1CNCCOc1ccccn1.Cl. The molecule has 5 heteroatoms. The third-order valence-corrected chi connectivity index (χ3v) is 3.69. The Morgan fingerprint density at radius 2 is 1.83 bits per heavy atom. The quantitative estimate of drug-likeness (QED) is 0.661. The number of hydrogen-bond donors (Lipinski definition) is 1. The molecule has 0 spiro atoms. The predicted molar refractivity (Wildman–Crippen MR) is 99.2 cm³/mol. The van der Waals surface area contributed by atoms with Crippen LogP contribution in [0, 0.1) is 0 Å². The first-order valence-corrected chi connectivity index (χ1v) is 7.67. The van der Waals surface area contributed by atoms with Gasteiger partial charge >= 0.3 is 0 Å². The molecule has 4 nitrogen and oxygen atoms in total. The van der Waals surface area contributed by atoms with Gasteiger partial charge in [0.05, 0.1) is 7.11 Å². The molecule has 0 saturated carbocycles. The average Bonchev–Trinajstić information content (AvgIpc) is 2.62. The highest BCUT2D eigenvalue weighted by molar-refractivity contribution is 5.87. The molecule has 0 aliphatic heterocycles. The van der Waals surface area contributed by atoms with Gasteiger partial charge in [0, 0.05) is 30.9 Å². The predicted octanol–water partition coefficient (Wildman–Crippen LogP) is 3.83. The van der Waals surface area contributed by atoms with E-state index in [0.29, 0.717) is 12.5 Å². The Bertz CT molecular complexity index is 766. The summed E-state index contributed by atoms with van der Waals surface area (Å²) in [6, 6.07) is 18.1. The first-order valence-electron chi connectivity index (χ1n) is 7.67. The van der Waals surface area contributed by atoms with Crippen LogP contribution in [-0.4, -0.2) is 25.2 Å². The second kappa shape index (κ2) is 9.11. The number of hydrogen-bond acceptors (Lipinski definition) is 4. The van der Waals surface area contributed by atoms with Gasteiger partial charge in [0.2, 0.25) is 5.88 Å². The van der Waals surface area contributed by atoms with Gasteiger partial charge in [0.1, 0.15) is 12.4 Å². The van der Waals surface area contributed by atoms with Crippen molar-refractivity contribution in [2.75, 3.05) is 20.3 Å². The van der Waals surface area contributed by atoms with Crippen LogP contribution in [0.5, 0.6) is 11.6 Å². The molecule has 24 heavy (non-hydrogen) atoms. The number of halogens is 1. The molecule has 0 aliphatic rings. The van der Waals surface area contributed by atoms with E-state index in [1.54, 1.807) is 13.3 Å². The van der Waals surface area contributed by atoms with Crippen molar-refractivity contribution in [2.45, 2.75) is 6.54 Å². The van der Waals surface area contributed by atoms with E-state index in [4.69, 9.17) is 9.47 Å². The fourth-order valence-corrected chi connectivity index (χ4v) is 2.56. The lowest BCUT2D eigenvalue weighted by molar-refractivity contribution is 0.301. The molecule has 1 heterocycles. The fourth-order valence-electron chi connectivity index (χ4n) is 2.56. The van der Waals surface area contributed by atoms with Crippen molar-refractivity contribution in [1.82, 2.24) is 10.3 Å². The molecular weight excluding hydrogens is 324 g/mol. The smallest absolute Gasteiger partial charge is 0.213 e. The normalized spacial score (nSPS) is 10.2. The lowest BCUT2D eigenvalue weighted by Gasteiger charge is -2.13. The number of pyridine rings is 1. The minimum Gasteiger partial charge on any atom is -0.496 e. The number of benzene rings is 2. The molecule has 3 rings (SSSR count). The zero-order chi connectivity index (χ0) is 15.9. The maximum Gasteiger partial charge on any atom is 0.213 e. The summed E-state index contributed by atoms with van der Waals surface area (Å²) in [7, 11) is 1.71. The van der Waals surface area contributed by atoms with Crippen LogP contribution >= 0.6 is 12.4 Å². The zero-order valence-corrected chi connectivity index (χ0v) is 14.4. The van der Waals surface area contributed by atoms with E-state index >= 15 is 0 Å². The van der Waals surface area contributed by atoms with Crippen molar-refractivity contribution < 1.29 is 9.47 Å². The lowest BCUT2D eigenvalue weighted by Crippen LogP contribution is -2.21. The molecule has 2 aromatic carbocycles. The summed E-state index contributed by atoms with van der Waals surface area (Å²) in [5.74, 6) is 1.55. The Balaban J connectivity index is 0.00000208. The molecule has 0 aliphatic carbocycles. The minimum atomic E-state index is 0. The van der Waals surface area contributed by atoms with Crippen LogP contribution in [0.15, 0.2) is 60.8 Å². The van der Waals surface area contributed by atoms with Crippen LogP contribution in [-0.2, 0) is 6.54 Å². The highest BCUT2D eigenvalue weighted by atomic mass is 35.5. The van der Waals surface area contributed by atoms with Gasteiger partial charge in [0.15, 0.2) is 0 Å². The number of ether oxygens (including phenoxy) is 2. The van der Waals surface area contributed by atoms with Crippen LogP contribution in [0.25, 0.3) is 10.8 Å². The Kier molecular flexibility index (Phi) is 6.85. The highest BCUT2D eigenvalue weighted by Crippen LogP contribution is 2.27. The molecule has 1 N–H and O–H groups in total. The molecule has 1 aromatic heterocycles. The van der Waals surface area contributed by atoms with Crippen LogP contribution in [0.2, 0.25) is 0 Å². The van der Waals surface area contributed by atoms with Crippen LogP contribution in [0.4, 0.5) is 0 Å². The lowest BCUT2D eigenvalue weighted by atomic mass is 10.0. The van der Waals surface area contributed by atoms with E-state index in [9.17, 15) is 0 Å². The summed E-state index contributed by atoms with van der Waals surface area (Å²) in [4.78, 5) is 4.13. The van der Waals surface area contributed by atoms with Gasteiger partial charge in [0.25, 0.3) is 0 Å². The van der Waals surface area contributed by atoms with E-state index in [1.165, 1.54) is 16.3 Å². The first-order chi connectivity index (χ1) is 11.4. The van der Waals surface area contributed by atoms with Gasteiger partial charge in [-0.05, 0) is 22.9 Å². The van der Waals surface area contributed by atoms with Gasteiger partial charge in [-0.15, -0.1) is 12.4 Å². The van der Waals surface area contributed by atoms with E-state index in [0.717, 1.165) is 18.8 Å². The number of rotatable bonds is 7. The molecule has 0 radical (unpaired) electrons. The summed E-state index contributed by atoms with van der Waals surface area (Å²) < 4.78 is 11.1. The number of fused-ring (bicyclic) bond motifs is 1. The first kappa shape index (κ1) is 18.0. The Morgan fingerprint density at radius 1 is 1.00 bits per heavy atom. The minimum absolute atomic E-state index is 0. The number of aromatic nitrogens is 1. The summed E-state index contributed by atoms with van der Waals surface area (Å²) in [5, 5.41) is 5.84. The maximum absolute atomic E-state index is 5.58. The Labute approximate surface area is 148 Å². The largest absolute Gasteiger partial charge is 0.496 e. The van der Waals surface area contributed by atoms with Gasteiger partial charge in [-0.25, -0.2) is 4.98 Å². The second-order valence-electron chi connectivity index (χ2n) is 5.16. The van der Waals surface area contributed by atoms with Crippen LogP contribution in [0.1, 0.15) is 5.56 Å². The van der Waals surface area contributed by atoms with E-state index < -0.39 is 0 Å². The zero-order valence-electron chi connectivity index (χ0n) is 13.6. The average molecular weight is 345 g/mol. The second-order valence-corrected chi connectivity index (χ2v) is 5.16. The molecule has 0 fully saturated rings. The molecule has 126 valence electrons. The number of methoxy groups -OCH3 is 1. The van der Waals surface area contributed by atoms with Crippen molar-refractivity contribution in [2.24, 2.45) is 0 Å². The molecule has 0 amide bonds. The molecule has 3 aromatic rings. The summed E-state index contributed by atoms with van der Waals surface area (Å²) in [5.41, 5.74) is 1.17. The third kappa shape index (κ3) is 4.37. The third-order valence-electron chi connectivity index (χ3n) is 3.69. The van der Waals surface area contributed by atoms with E-state index in [1.807, 2.05) is 30.3 Å². The topological polar surface area (TPSA) is 43.4 Å². The summed E-state index contributed by atoms with van der Waals surface area (Å²) in [6.07, 6.45) is 1.73. The maximum atomic E-state index is 5.58. The molecule has 0 atom stereocenters. The number of nitrogens with one attached hydrogen (secondary N) is 1. The Morgan fingerprint density at radius 3 is 2.62 bits per heavy atom. The molecule has 0 saturated heterocycles. The summed E-state index contributed by atoms with van der Waals surface area (Å²) in [6.45, 7) is 2.04. The van der Waals surface area contributed by atoms with Gasteiger partial charge in [-0.3, -0.25) is 0 Å². The van der Waals surface area contributed by atoms with Gasteiger partial charge in [-0.2, -0.15) is 0 Å². The standard InChI is InChI=1S/C19H20N2O2.ClH/c1-22-18-10-9-15-6-2-3-7-16(15)17(18)14-20-12-13-23-19-8-4-5-11-21-19;/h2-11,20H,12-14H2,1H3;1H. The van der Waals surface area contributed by atoms with E-state index in [-0.39, 0.29) is 12.4 Å². The van der Waals surface area contributed by atoms with Crippen molar-refractivity contribution in [3.05, 3.63) is 66.4 Å². The molecule has 0 bridgehead atoms. The summed E-state index contributed by atoms with van der Waals surface area (Å²) >= 11 is 0. The van der Waals surface area contributed by atoms with E-state index in [2.05, 4.69) is 34.6 Å². The fraction of sp³-hybridized carbons (Fsp3) is 0.211. The van der Waals surface area contributed by atoms with Crippen LogP contribution in [0.3, 0.4) is 0 Å². The molecule has 0 unspecified atom stereocenters. The monoisotopic (exact) mass is 344 g/mol. The van der Waals surface area contributed by atoms with Crippen molar-refractivity contribution in [3.63, 3.8) is 0 Å². The highest BCUT2D eigenvalue weighted by Gasteiger charge is 2.07. The van der Waals surface area contributed by atoms with Gasteiger partial charge < -0.3 is 14.8 Å². The number of nitrogens with zero attached hydrogens (tertiary/aromatic N) is 1.